The van der Waals surface area contributed by atoms with Crippen LogP contribution in [0.4, 0.5) is 0 Å². The van der Waals surface area contributed by atoms with Gasteiger partial charge in [0, 0.05) is 69.1 Å². The summed E-state index contributed by atoms with van der Waals surface area (Å²) >= 11 is 2.01. The molecule has 7 aromatic carbocycles. The highest BCUT2D eigenvalue weighted by Gasteiger charge is 2.06. The molecule has 0 aliphatic carbocycles. The van der Waals surface area contributed by atoms with E-state index in [9.17, 15) is 9.59 Å². The molecular weight excluding hydrogens is 1170 g/mol. The molecule has 0 heterocycles. The minimum atomic E-state index is 0.363. The second-order valence-corrected chi connectivity index (χ2v) is 28.2. The normalized spacial score (nSPS) is 10.5. The Balaban J connectivity index is 0.000000550. The molecule has 0 unspecified atom stereocenters. The molecule has 0 fully saturated rings. The van der Waals surface area contributed by atoms with Gasteiger partial charge in [0.2, 0.25) is 0 Å². The Morgan fingerprint density at radius 3 is 1.15 bits per heavy atom. The van der Waals surface area contributed by atoms with Crippen molar-refractivity contribution in [3.63, 3.8) is 0 Å². The van der Waals surface area contributed by atoms with Gasteiger partial charge in [-0.05, 0) is 112 Å². The number of hydrogen-bond donors (Lipinski definition) is 3. The summed E-state index contributed by atoms with van der Waals surface area (Å²) in [5.74, 6) is 7.93. The zero-order valence-corrected chi connectivity index (χ0v) is 61.8. The van der Waals surface area contributed by atoms with Crippen molar-refractivity contribution in [2.45, 2.75) is 193 Å². The van der Waals surface area contributed by atoms with Crippen molar-refractivity contribution in [3.05, 3.63) is 276 Å². The molecule has 7 aromatic rings. The van der Waals surface area contributed by atoms with Crippen molar-refractivity contribution >= 4 is 23.3 Å². The van der Waals surface area contributed by atoms with Crippen LogP contribution in [0.3, 0.4) is 0 Å². The Kier molecular flexibility index (Phi) is 51.3. The topological polar surface area (TPSA) is 79.5 Å². The van der Waals surface area contributed by atoms with Gasteiger partial charge in [-0.15, -0.1) is 0 Å². The highest BCUT2D eigenvalue weighted by atomic mass is 32.2. The van der Waals surface area contributed by atoms with Crippen LogP contribution in [0.1, 0.15) is 187 Å². The third-order valence-electron chi connectivity index (χ3n) is 14.2. The van der Waals surface area contributed by atoms with E-state index in [1.54, 1.807) is 0 Å². The third-order valence-corrected chi connectivity index (χ3v) is 15.6. The number of unbranched alkanes of at least 4 members (excludes halogenated alkanes) is 1. The van der Waals surface area contributed by atoms with E-state index < -0.39 is 0 Å². The van der Waals surface area contributed by atoms with Gasteiger partial charge in [-0.25, -0.2) is 0 Å². The number of nitrogens with one attached hydrogen (secondary N) is 3. The SMILES string of the molecule is C=C(CC(C)C)NCc1ccccc1.C=C(NCc1ccccc1)C(C)C.CC(C)CCCC(=O)Cc1ccccc1.CC(C)CCCCC(=O)Cc1ccccc1.CC(C)CNCc1ccccc1.CC(C)COCc1ccccc1.CC(C)CSCc1ccccc1. The summed E-state index contributed by atoms with van der Waals surface area (Å²) in [5.41, 5.74) is 11.1. The Morgan fingerprint density at radius 1 is 0.394 bits per heavy atom. The molecule has 0 bridgehead atoms. The number of Topliss-reactive ketones (excluding diaryl/α,β-unsaturated/α-hetero) is 2. The number of ether oxygens (including phenoxy) is 1. The number of hydrogen-bond acceptors (Lipinski definition) is 7. The number of ketones is 2. The van der Waals surface area contributed by atoms with Crippen LogP contribution >= 0.6 is 11.8 Å². The molecule has 0 aromatic heterocycles. The molecule has 0 spiro atoms. The number of carbonyl (C=O) groups excluding carboxylic acids is 2. The van der Waals surface area contributed by atoms with Gasteiger partial charge in [-0.2, -0.15) is 11.8 Å². The maximum absolute atomic E-state index is 11.7. The third kappa shape index (κ3) is 53.6. The molecule has 0 saturated heterocycles. The molecule has 514 valence electrons. The van der Waals surface area contributed by atoms with Crippen LogP contribution < -0.4 is 16.0 Å². The van der Waals surface area contributed by atoms with Gasteiger partial charge < -0.3 is 20.7 Å². The van der Waals surface area contributed by atoms with Crippen molar-refractivity contribution < 1.29 is 14.3 Å². The van der Waals surface area contributed by atoms with Crippen LogP contribution in [-0.2, 0) is 59.2 Å². The predicted molar refractivity (Wildman–Crippen MR) is 413 cm³/mol. The Morgan fingerprint density at radius 2 is 0.766 bits per heavy atom. The lowest BCUT2D eigenvalue weighted by Gasteiger charge is -2.12. The van der Waals surface area contributed by atoms with Gasteiger partial charge in [0.1, 0.15) is 11.6 Å². The monoisotopic (exact) mass is 1290 g/mol. The average molecular weight is 1300 g/mol. The van der Waals surface area contributed by atoms with Crippen LogP contribution in [0.15, 0.2) is 237 Å². The molecular formula is C87H127N3O3S. The van der Waals surface area contributed by atoms with Gasteiger partial charge in [-0.3, -0.25) is 9.59 Å². The average Bonchev–Trinajstić information content (AvgIpc) is 3.50. The van der Waals surface area contributed by atoms with Crippen molar-refractivity contribution in [3.8, 4) is 0 Å². The van der Waals surface area contributed by atoms with E-state index in [4.69, 9.17) is 4.74 Å². The second kappa shape index (κ2) is 56.6. The molecule has 0 saturated carbocycles. The lowest BCUT2D eigenvalue weighted by Crippen LogP contribution is -2.18. The standard InChI is InChI=1S/C15H22O.C14H20O.C13H19N.C12H17N.C11H17N.C11H16O.C11H16S/c1-13(2)8-6-7-11-15(16)12-14-9-4-3-5-10-14;1-12(2)7-6-10-14(15)11-13-8-4-3-5-9-13;1-11(2)9-12(3)14-10-13-7-5-4-6-8-13;1-10(2)11(3)13-9-12-7-5-4-6-8-12;3*1-10(2)8-12-9-11-6-4-3-5-7-11/h3-5,9-10,13H,6-8,11-12H2,1-2H3;3-5,8-9,12H,6-7,10-11H2,1-2H3;4-8,11,14H,3,9-10H2,1-2H3;4-8,10,13H,3,9H2,1-2H3;3-7,10,12H,8-9H2,1-2H3;2*3-7,10H,8-9H2,1-2H3. The fourth-order valence-electron chi connectivity index (χ4n) is 8.88. The summed E-state index contributed by atoms with van der Waals surface area (Å²) in [6.45, 7) is 44.2. The van der Waals surface area contributed by atoms with Gasteiger partial charge in [0.25, 0.3) is 0 Å². The molecule has 7 heteroatoms. The summed E-state index contributed by atoms with van der Waals surface area (Å²) in [7, 11) is 0. The van der Waals surface area contributed by atoms with Crippen molar-refractivity contribution in [1.82, 2.24) is 16.0 Å². The Bertz CT molecular complexity index is 2740. The second-order valence-electron chi connectivity index (χ2n) is 27.2. The molecule has 3 N–H and O–H groups in total. The smallest absolute Gasteiger partial charge is 0.137 e. The first-order valence-corrected chi connectivity index (χ1v) is 36.3. The number of carbonyl (C=O) groups is 2. The van der Waals surface area contributed by atoms with Crippen LogP contribution in [0, 0.1) is 41.4 Å². The van der Waals surface area contributed by atoms with Gasteiger partial charge in [0.15, 0.2) is 0 Å². The zero-order chi connectivity index (χ0) is 69.4. The highest BCUT2D eigenvalue weighted by Crippen LogP contribution is 2.16. The van der Waals surface area contributed by atoms with Gasteiger partial charge in [0.05, 0.1) is 6.61 Å². The maximum Gasteiger partial charge on any atom is 0.137 e. The van der Waals surface area contributed by atoms with Gasteiger partial charge >= 0.3 is 0 Å². The van der Waals surface area contributed by atoms with E-state index in [0.717, 1.165) is 124 Å². The largest absolute Gasteiger partial charge is 0.385 e. The molecule has 0 aliphatic rings. The van der Waals surface area contributed by atoms with E-state index in [1.807, 2.05) is 109 Å². The quantitative estimate of drug-likeness (QED) is 0.0347. The number of rotatable bonds is 34. The maximum atomic E-state index is 11.7. The minimum Gasteiger partial charge on any atom is -0.385 e. The first-order chi connectivity index (χ1) is 45.1. The number of thioether (sulfide) groups is 1. The van der Waals surface area contributed by atoms with Crippen molar-refractivity contribution in [2.75, 3.05) is 18.9 Å². The summed E-state index contributed by atoms with van der Waals surface area (Å²) in [5, 5.41) is 10.0. The fraction of sp³-hybridized carbons (Fsp3) is 0.448. The van der Waals surface area contributed by atoms with Gasteiger partial charge in [-0.1, -0.05) is 342 Å². The van der Waals surface area contributed by atoms with Crippen LogP contribution in [0.25, 0.3) is 0 Å². The minimum absolute atomic E-state index is 0.363. The van der Waals surface area contributed by atoms with Crippen LogP contribution in [0.5, 0.6) is 0 Å². The van der Waals surface area contributed by atoms with E-state index in [0.29, 0.717) is 48.1 Å². The molecule has 6 nitrogen and oxygen atoms in total. The summed E-state index contributed by atoms with van der Waals surface area (Å²) < 4.78 is 5.48. The zero-order valence-electron chi connectivity index (χ0n) is 61.0. The fourth-order valence-corrected chi connectivity index (χ4v) is 9.90. The molecule has 0 radical (unpaired) electrons. The Hall–Kier alpha value is -6.77. The summed E-state index contributed by atoms with van der Waals surface area (Å²) in [6.07, 6.45) is 9.35. The lowest BCUT2D eigenvalue weighted by molar-refractivity contribution is -0.119. The van der Waals surface area contributed by atoms with Crippen molar-refractivity contribution in [1.29, 1.82) is 0 Å². The number of benzene rings is 7. The van der Waals surface area contributed by atoms with Crippen LogP contribution in [0.2, 0.25) is 0 Å². The summed E-state index contributed by atoms with van der Waals surface area (Å²) in [4.78, 5) is 23.3. The lowest BCUT2D eigenvalue weighted by atomic mass is 10.0. The molecule has 7 rings (SSSR count). The molecule has 0 amide bonds. The van der Waals surface area contributed by atoms with E-state index in [-0.39, 0.29) is 0 Å². The number of allylic oxidation sites excluding steroid dienone is 2. The first kappa shape index (κ1) is 85.2. The highest BCUT2D eigenvalue weighted by molar-refractivity contribution is 7.98. The van der Waals surface area contributed by atoms with Crippen LogP contribution in [-0.4, -0.2) is 30.5 Å². The summed E-state index contributed by atoms with van der Waals surface area (Å²) in [6, 6.07) is 72.1. The van der Waals surface area contributed by atoms with E-state index in [2.05, 4.69) is 241 Å². The van der Waals surface area contributed by atoms with E-state index in [1.165, 1.54) is 46.4 Å². The molecule has 94 heavy (non-hydrogen) atoms. The Labute approximate surface area is 579 Å². The van der Waals surface area contributed by atoms with E-state index >= 15 is 0 Å². The predicted octanol–water partition coefficient (Wildman–Crippen LogP) is 22.8. The molecule has 0 aliphatic heterocycles. The van der Waals surface area contributed by atoms with Crippen molar-refractivity contribution in [2.24, 2.45) is 41.4 Å². The molecule has 0 atom stereocenters. The first-order valence-electron chi connectivity index (χ1n) is 35.1.